The molecule has 5 nitrogen and oxygen atoms in total. The van der Waals surface area contributed by atoms with E-state index >= 15 is 0 Å². The van der Waals surface area contributed by atoms with Gasteiger partial charge < -0.3 is 23.7 Å². The Morgan fingerprint density at radius 3 is 1.24 bits per heavy atom. The molecule has 0 saturated carbocycles. The van der Waals surface area contributed by atoms with E-state index in [4.69, 9.17) is 23.7 Å². The van der Waals surface area contributed by atoms with Crippen molar-refractivity contribution in [2.24, 2.45) is 0 Å². The predicted octanol–water partition coefficient (Wildman–Crippen LogP) is 6.64. The van der Waals surface area contributed by atoms with Gasteiger partial charge >= 0.3 is 0 Å². The Morgan fingerprint density at radius 1 is 0.421 bits per heavy atom. The van der Waals surface area contributed by atoms with Crippen molar-refractivity contribution in [1.29, 1.82) is 0 Å². The lowest BCUT2D eigenvalue weighted by Gasteiger charge is -2.15. The summed E-state index contributed by atoms with van der Waals surface area (Å²) in [4.78, 5) is 0. The fourth-order valence-corrected chi connectivity index (χ4v) is 4.79. The quantitative estimate of drug-likeness (QED) is 0.213. The molecule has 0 atom stereocenters. The van der Waals surface area contributed by atoms with E-state index in [1.807, 2.05) is 24.3 Å². The molecular weight excluding hydrogens is 476 g/mol. The fraction of sp³-hybridized carbons (Fsp3) is 0.273. The summed E-state index contributed by atoms with van der Waals surface area (Å²) in [5.41, 5.74) is 8.13. The summed E-state index contributed by atoms with van der Waals surface area (Å²) < 4.78 is 27.7. The number of methoxy groups -OCH3 is 5. The van der Waals surface area contributed by atoms with Crippen molar-refractivity contribution in [3.63, 3.8) is 0 Å². The topological polar surface area (TPSA) is 46.2 Å². The van der Waals surface area contributed by atoms with Crippen molar-refractivity contribution < 1.29 is 23.7 Å². The molecule has 0 amide bonds. The lowest BCUT2D eigenvalue weighted by molar-refractivity contribution is 0.185. The Labute approximate surface area is 225 Å². The maximum Gasteiger partial charge on any atom is 0.122 e. The molecule has 198 valence electrons. The lowest BCUT2D eigenvalue weighted by Crippen LogP contribution is -2.01. The SMILES string of the molecule is COCc1ccc(OC)c(Cc2ccc(OC)c(Cc3ccc(OC)c(Cc4ccc(OC)cc4)c3)c2)c1. The van der Waals surface area contributed by atoms with Crippen molar-refractivity contribution in [2.45, 2.75) is 25.9 Å². The first-order chi connectivity index (χ1) is 18.6. The van der Waals surface area contributed by atoms with E-state index in [1.54, 1.807) is 35.5 Å². The van der Waals surface area contributed by atoms with Gasteiger partial charge in [0.2, 0.25) is 0 Å². The Kier molecular flexibility index (Phi) is 9.28. The van der Waals surface area contributed by atoms with Gasteiger partial charge in [-0.1, -0.05) is 42.5 Å². The average Bonchev–Trinajstić information content (AvgIpc) is 2.94. The molecule has 38 heavy (non-hydrogen) atoms. The van der Waals surface area contributed by atoms with Crippen LogP contribution in [-0.2, 0) is 30.6 Å². The average molecular weight is 513 g/mol. The third-order valence-electron chi connectivity index (χ3n) is 6.69. The molecule has 5 heteroatoms. The summed E-state index contributed by atoms with van der Waals surface area (Å²) in [6.45, 7) is 0.571. The highest BCUT2D eigenvalue weighted by Crippen LogP contribution is 2.30. The van der Waals surface area contributed by atoms with Gasteiger partial charge in [-0.25, -0.2) is 0 Å². The Morgan fingerprint density at radius 2 is 0.816 bits per heavy atom. The van der Waals surface area contributed by atoms with Crippen molar-refractivity contribution >= 4 is 0 Å². The molecule has 0 radical (unpaired) electrons. The van der Waals surface area contributed by atoms with Crippen molar-refractivity contribution in [1.82, 2.24) is 0 Å². The summed E-state index contributed by atoms with van der Waals surface area (Å²) in [5, 5.41) is 0. The van der Waals surface area contributed by atoms with Gasteiger partial charge in [-0.2, -0.15) is 0 Å². The van der Waals surface area contributed by atoms with Crippen LogP contribution in [0.2, 0.25) is 0 Å². The molecule has 4 rings (SSSR count). The minimum atomic E-state index is 0.571. The third-order valence-corrected chi connectivity index (χ3v) is 6.69. The number of benzene rings is 4. The van der Waals surface area contributed by atoms with Gasteiger partial charge in [-0.05, 0) is 75.3 Å². The second kappa shape index (κ2) is 13.0. The molecule has 0 unspecified atom stereocenters. The van der Waals surface area contributed by atoms with Crippen LogP contribution in [0.15, 0.2) is 78.9 Å². The van der Waals surface area contributed by atoms with Gasteiger partial charge in [0.1, 0.15) is 23.0 Å². The number of hydrogen-bond acceptors (Lipinski definition) is 5. The monoisotopic (exact) mass is 512 g/mol. The smallest absolute Gasteiger partial charge is 0.122 e. The molecule has 0 aromatic heterocycles. The largest absolute Gasteiger partial charge is 0.497 e. The molecule has 0 N–H and O–H groups in total. The van der Waals surface area contributed by atoms with Gasteiger partial charge in [0.15, 0.2) is 0 Å². The normalized spacial score (nSPS) is 10.8. The summed E-state index contributed by atoms with van der Waals surface area (Å²) in [6.07, 6.45) is 2.27. The van der Waals surface area contributed by atoms with E-state index < -0.39 is 0 Å². The molecule has 0 heterocycles. The van der Waals surface area contributed by atoms with Crippen LogP contribution < -0.4 is 18.9 Å². The fourth-order valence-electron chi connectivity index (χ4n) is 4.79. The zero-order valence-corrected chi connectivity index (χ0v) is 22.9. The summed E-state index contributed by atoms with van der Waals surface area (Å²) >= 11 is 0. The minimum Gasteiger partial charge on any atom is -0.497 e. The van der Waals surface area contributed by atoms with E-state index in [0.717, 1.165) is 64.5 Å². The molecule has 0 aliphatic heterocycles. The molecular formula is C33H36O5. The minimum absolute atomic E-state index is 0.571. The van der Waals surface area contributed by atoms with E-state index in [0.29, 0.717) is 6.61 Å². The first-order valence-electron chi connectivity index (χ1n) is 12.7. The highest BCUT2D eigenvalue weighted by Gasteiger charge is 2.12. The van der Waals surface area contributed by atoms with Gasteiger partial charge in [-0.3, -0.25) is 0 Å². The van der Waals surface area contributed by atoms with Gasteiger partial charge in [0.25, 0.3) is 0 Å². The summed E-state index contributed by atoms with van der Waals surface area (Å²) in [7, 11) is 8.54. The molecule has 4 aromatic rings. The van der Waals surface area contributed by atoms with E-state index in [9.17, 15) is 0 Å². The van der Waals surface area contributed by atoms with Crippen molar-refractivity contribution in [3.05, 3.63) is 118 Å². The Hall–Kier alpha value is -3.96. The van der Waals surface area contributed by atoms with Crippen molar-refractivity contribution in [2.75, 3.05) is 35.5 Å². The van der Waals surface area contributed by atoms with Gasteiger partial charge in [-0.15, -0.1) is 0 Å². The molecule has 0 aliphatic carbocycles. The van der Waals surface area contributed by atoms with Crippen molar-refractivity contribution in [3.8, 4) is 23.0 Å². The Bertz CT molecular complexity index is 1340. The zero-order valence-electron chi connectivity index (χ0n) is 22.9. The predicted molar refractivity (Wildman–Crippen MR) is 151 cm³/mol. The second-order valence-electron chi connectivity index (χ2n) is 9.25. The van der Waals surface area contributed by atoms with Crippen LogP contribution in [0.1, 0.15) is 38.9 Å². The first-order valence-corrected chi connectivity index (χ1v) is 12.7. The maximum absolute atomic E-state index is 5.73. The van der Waals surface area contributed by atoms with Crippen LogP contribution in [-0.4, -0.2) is 35.5 Å². The molecule has 4 aromatic carbocycles. The molecule has 0 fully saturated rings. The number of ether oxygens (including phenoxy) is 5. The first kappa shape index (κ1) is 27.1. The molecule has 0 bridgehead atoms. The van der Waals surface area contributed by atoms with Crippen LogP contribution >= 0.6 is 0 Å². The van der Waals surface area contributed by atoms with E-state index in [2.05, 4.69) is 54.6 Å². The highest BCUT2D eigenvalue weighted by molar-refractivity contribution is 5.47. The van der Waals surface area contributed by atoms with Gasteiger partial charge in [0, 0.05) is 26.4 Å². The number of hydrogen-bond donors (Lipinski definition) is 0. The lowest BCUT2D eigenvalue weighted by atomic mass is 9.95. The van der Waals surface area contributed by atoms with E-state index in [-0.39, 0.29) is 0 Å². The standard InChI is InChI=1S/C33H36O5/c1-34-22-26-10-15-33(38-5)29(21-26)20-25-9-14-32(37-4)28(19-25)18-24-8-13-31(36-3)27(17-24)16-23-6-11-30(35-2)12-7-23/h6-15,17,19,21H,16,18,20,22H2,1-5H3. The number of rotatable bonds is 12. The molecule has 0 aliphatic rings. The zero-order chi connectivity index (χ0) is 26.9. The molecule has 0 saturated heterocycles. The summed E-state index contributed by atoms with van der Waals surface area (Å²) in [5.74, 6) is 3.49. The van der Waals surface area contributed by atoms with Crippen LogP contribution in [0.5, 0.6) is 23.0 Å². The third kappa shape index (κ3) is 6.67. The van der Waals surface area contributed by atoms with Crippen LogP contribution in [0.3, 0.4) is 0 Å². The highest BCUT2D eigenvalue weighted by atomic mass is 16.5. The maximum atomic E-state index is 5.73. The van der Waals surface area contributed by atoms with Gasteiger partial charge in [0.05, 0.1) is 35.0 Å². The van der Waals surface area contributed by atoms with E-state index in [1.165, 1.54) is 16.7 Å². The Balaban J connectivity index is 1.60. The van der Waals surface area contributed by atoms with Crippen LogP contribution in [0.4, 0.5) is 0 Å². The van der Waals surface area contributed by atoms with Crippen LogP contribution in [0, 0.1) is 0 Å². The van der Waals surface area contributed by atoms with Crippen LogP contribution in [0.25, 0.3) is 0 Å². The summed E-state index contributed by atoms with van der Waals surface area (Å²) in [6, 6.07) is 27.2. The molecule has 0 spiro atoms. The second-order valence-corrected chi connectivity index (χ2v) is 9.25.